The molecule has 0 heterocycles. The Morgan fingerprint density at radius 1 is 1.17 bits per heavy atom. The topological polar surface area (TPSA) is 49.5 Å². The summed E-state index contributed by atoms with van der Waals surface area (Å²) in [5.41, 5.74) is 7.21. The van der Waals surface area contributed by atoms with Crippen molar-refractivity contribution in [1.29, 1.82) is 0 Å². The molecule has 0 aliphatic rings. The van der Waals surface area contributed by atoms with Crippen LogP contribution in [0.5, 0.6) is 0 Å². The first kappa shape index (κ1) is 15.2. The number of aliphatic hydroxyl groups is 1. The van der Waals surface area contributed by atoms with Gasteiger partial charge in [-0.3, -0.25) is 4.90 Å². The van der Waals surface area contributed by atoms with Crippen LogP contribution in [0.3, 0.4) is 0 Å². The van der Waals surface area contributed by atoms with E-state index >= 15 is 0 Å². The number of aliphatic hydroxyl groups excluding tert-OH is 1. The molecule has 1 aromatic rings. The summed E-state index contributed by atoms with van der Waals surface area (Å²) in [6.45, 7) is 7.86. The lowest BCUT2D eigenvalue weighted by molar-refractivity contribution is 0.168. The highest BCUT2D eigenvalue weighted by Crippen LogP contribution is 2.19. The lowest BCUT2D eigenvalue weighted by atomic mass is 9.89. The molecule has 0 aliphatic heterocycles. The van der Waals surface area contributed by atoms with Crippen molar-refractivity contribution in [2.24, 2.45) is 11.1 Å². The van der Waals surface area contributed by atoms with Gasteiger partial charge < -0.3 is 10.8 Å². The molecule has 0 atom stereocenters. The molecule has 0 amide bonds. The maximum Gasteiger partial charge on any atom is 0.0558 e. The highest BCUT2D eigenvalue weighted by molar-refractivity contribution is 5.14. The largest absolute Gasteiger partial charge is 0.395 e. The van der Waals surface area contributed by atoms with Gasteiger partial charge in [-0.05, 0) is 30.5 Å². The van der Waals surface area contributed by atoms with Crippen LogP contribution >= 0.6 is 0 Å². The molecule has 3 nitrogen and oxygen atoms in total. The second-order valence-electron chi connectivity index (χ2n) is 5.60. The van der Waals surface area contributed by atoms with Crippen LogP contribution in [0.2, 0.25) is 0 Å². The fraction of sp³-hybridized carbons (Fsp3) is 0.600. The third-order valence-corrected chi connectivity index (χ3v) is 3.32. The summed E-state index contributed by atoms with van der Waals surface area (Å²) in [5, 5.41) is 9.13. The minimum Gasteiger partial charge on any atom is -0.395 e. The van der Waals surface area contributed by atoms with Gasteiger partial charge in [0.15, 0.2) is 0 Å². The maximum atomic E-state index is 9.13. The third kappa shape index (κ3) is 5.63. The van der Waals surface area contributed by atoms with E-state index in [1.54, 1.807) is 0 Å². The lowest BCUT2D eigenvalue weighted by Gasteiger charge is -2.28. The average Bonchev–Trinajstić information content (AvgIpc) is 2.38. The van der Waals surface area contributed by atoms with E-state index in [-0.39, 0.29) is 12.0 Å². The molecule has 0 aliphatic carbocycles. The van der Waals surface area contributed by atoms with Crippen molar-refractivity contribution >= 4 is 0 Å². The molecule has 3 heteroatoms. The second-order valence-corrected chi connectivity index (χ2v) is 5.60. The van der Waals surface area contributed by atoms with Crippen LogP contribution in [0.25, 0.3) is 0 Å². The van der Waals surface area contributed by atoms with Crippen LogP contribution in [0.1, 0.15) is 25.8 Å². The Labute approximate surface area is 111 Å². The van der Waals surface area contributed by atoms with E-state index in [2.05, 4.69) is 43.0 Å². The van der Waals surface area contributed by atoms with Crippen LogP contribution in [0, 0.1) is 5.41 Å². The van der Waals surface area contributed by atoms with Gasteiger partial charge in [-0.25, -0.2) is 0 Å². The summed E-state index contributed by atoms with van der Waals surface area (Å²) in [6, 6.07) is 10.4. The van der Waals surface area contributed by atoms with E-state index in [0.717, 1.165) is 26.1 Å². The molecule has 1 rings (SSSR count). The van der Waals surface area contributed by atoms with E-state index in [9.17, 15) is 0 Å². The highest BCUT2D eigenvalue weighted by atomic mass is 16.3. The Bertz CT molecular complexity index is 325. The van der Waals surface area contributed by atoms with Gasteiger partial charge in [-0.15, -0.1) is 0 Å². The summed E-state index contributed by atoms with van der Waals surface area (Å²) in [7, 11) is 0. The monoisotopic (exact) mass is 250 g/mol. The number of nitrogens with two attached hydrogens (primary N) is 1. The van der Waals surface area contributed by atoms with Crippen molar-refractivity contribution < 1.29 is 5.11 Å². The third-order valence-electron chi connectivity index (χ3n) is 3.32. The number of nitrogens with zero attached hydrogens (tertiary/aromatic N) is 1. The van der Waals surface area contributed by atoms with Crippen LogP contribution < -0.4 is 5.73 Å². The maximum absolute atomic E-state index is 9.13. The van der Waals surface area contributed by atoms with Crippen molar-refractivity contribution in [2.75, 3.05) is 26.2 Å². The Kier molecular flexibility index (Phi) is 6.33. The molecule has 102 valence electrons. The fourth-order valence-electron chi connectivity index (χ4n) is 1.82. The minimum atomic E-state index is 0.171. The van der Waals surface area contributed by atoms with Gasteiger partial charge in [0, 0.05) is 13.1 Å². The van der Waals surface area contributed by atoms with Crippen LogP contribution in [0.4, 0.5) is 0 Å². The summed E-state index contributed by atoms with van der Waals surface area (Å²) < 4.78 is 0. The zero-order chi connectivity index (χ0) is 13.4. The molecule has 18 heavy (non-hydrogen) atoms. The first-order chi connectivity index (χ1) is 8.57. The molecular weight excluding hydrogens is 224 g/mol. The highest BCUT2D eigenvalue weighted by Gasteiger charge is 2.17. The summed E-state index contributed by atoms with van der Waals surface area (Å²) >= 11 is 0. The normalized spacial score (nSPS) is 12.1. The predicted octanol–water partition coefficient (Wildman–Crippen LogP) is 1.86. The van der Waals surface area contributed by atoms with E-state index in [4.69, 9.17) is 10.8 Å². The Balaban J connectivity index is 2.50. The van der Waals surface area contributed by atoms with Crippen LogP contribution in [-0.4, -0.2) is 36.2 Å². The van der Waals surface area contributed by atoms with Crippen molar-refractivity contribution in [2.45, 2.75) is 26.8 Å². The molecule has 0 radical (unpaired) electrons. The van der Waals surface area contributed by atoms with Crippen molar-refractivity contribution in [3.63, 3.8) is 0 Å². The summed E-state index contributed by atoms with van der Waals surface area (Å²) in [5.74, 6) is 0. The molecule has 0 spiro atoms. The Morgan fingerprint density at radius 2 is 1.83 bits per heavy atom. The van der Waals surface area contributed by atoms with E-state index in [1.165, 1.54) is 5.56 Å². The second kappa shape index (κ2) is 7.52. The zero-order valence-corrected chi connectivity index (χ0v) is 11.6. The molecule has 0 unspecified atom stereocenters. The molecule has 0 saturated heterocycles. The number of benzene rings is 1. The SMILES string of the molecule is CC(C)(CN)CCN(CCO)Cc1ccccc1. The van der Waals surface area contributed by atoms with Crippen LogP contribution in [0.15, 0.2) is 30.3 Å². The molecule has 3 N–H and O–H groups in total. The lowest BCUT2D eigenvalue weighted by Crippen LogP contribution is -2.33. The van der Waals surface area contributed by atoms with Gasteiger partial charge in [0.25, 0.3) is 0 Å². The first-order valence-electron chi connectivity index (χ1n) is 6.64. The smallest absolute Gasteiger partial charge is 0.0558 e. The molecule has 1 aromatic carbocycles. The van der Waals surface area contributed by atoms with E-state index < -0.39 is 0 Å². The first-order valence-corrected chi connectivity index (χ1v) is 6.64. The molecule has 0 fully saturated rings. The quantitative estimate of drug-likeness (QED) is 0.740. The van der Waals surface area contributed by atoms with Crippen LogP contribution in [-0.2, 0) is 6.54 Å². The van der Waals surface area contributed by atoms with Crippen molar-refractivity contribution in [3.8, 4) is 0 Å². The van der Waals surface area contributed by atoms with Crippen molar-refractivity contribution in [3.05, 3.63) is 35.9 Å². The summed E-state index contributed by atoms with van der Waals surface area (Å²) in [6.07, 6.45) is 1.05. The molecule has 0 bridgehead atoms. The molecule has 0 saturated carbocycles. The van der Waals surface area contributed by atoms with E-state index in [1.807, 2.05) is 6.07 Å². The van der Waals surface area contributed by atoms with Gasteiger partial charge in [0.05, 0.1) is 6.61 Å². The summed E-state index contributed by atoms with van der Waals surface area (Å²) in [4.78, 5) is 2.28. The van der Waals surface area contributed by atoms with Gasteiger partial charge >= 0.3 is 0 Å². The van der Waals surface area contributed by atoms with Crippen molar-refractivity contribution in [1.82, 2.24) is 4.90 Å². The number of hydrogen-bond acceptors (Lipinski definition) is 3. The molecular formula is C15H26N2O. The standard InChI is InChI=1S/C15H26N2O/c1-15(2,13-16)8-9-17(10-11-18)12-14-6-4-3-5-7-14/h3-7,18H,8-13,16H2,1-2H3. The van der Waals surface area contributed by atoms with Gasteiger partial charge in [0.2, 0.25) is 0 Å². The number of hydrogen-bond donors (Lipinski definition) is 2. The van der Waals surface area contributed by atoms with E-state index in [0.29, 0.717) is 6.54 Å². The van der Waals surface area contributed by atoms with Gasteiger partial charge in [0.1, 0.15) is 0 Å². The molecule has 0 aromatic heterocycles. The Hall–Kier alpha value is -0.900. The predicted molar refractivity (Wildman–Crippen MR) is 76.3 cm³/mol. The zero-order valence-electron chi connectivity index (χ0n) is 11.6. The minimum absolute atomic E-state index is 0.171. The fourth-order valence-corrected chi connectivity index (χ4v) is 1.82. The number of rotatable bonds is 8. The van der Waals surface area contributed by atoms with Gasteiger partial charge in [-0.1, -0.05) is 44.2 Å². The Morgan fingerprint density at radius 3 is 2.39 bits per heavy atom. The average molecular weight is 250 g/mol. The van der Waals surface area contributed by atoms with Gasteiger partial charge in [-0.2, -0.15) is 0 Å².